The van der Waals surface area contributed by atoms with Crippen molar-refractivity contribution in [1.82, 2.24) is 15.2 Å². The van der Waals surface area contributed by atoms with Gasteiger partial charge in [-0.15, -0.1) is 0 Å². The molecule has 148 valence electrons. The molecule has 2 aliphatic heterocycles. The summed E-state index contributed by atoms with van der Waals surface area (Å²) in [4.78, 5) is 42.5. The van der Waals surface area contributed by atoms with E-state index in [1.165, 1.54) is 0 Å². The molecule has 1 aromatic heterocycles. The van der Waals surface area contributed by atoms with Gasteiger partial charge in [-0.25, -0.2) is 4.98 Å². The van der Waals surface area contributed by atoms with Gasteiger partial charge in [0.2, 0.25) is 17.7 Å². The molecule has 1 N–H and O–H groups in total. The summed E-state index contributed by atoms with van der Waals surface area (Å²) in [7, 11) is 0. The Labute approximate surface area is 171 Å². The molecule has 0 saturated carbocycles. The van der Waals surface area contributed by atoms with Crippen molar-refractivity contribution < 1.29 is 18.8 Å². The topological polar surface area (TPSA) is 116 Å². The second kappa shape index (κ2) is 6.81. The zero-order chi connectivity index (χ0) is 20.8. The van der Waals surface area contributed by atoms with Crippen molar-refractivity contribution in [3.05, 3.63) is 64.5 Å². The average Bonchev–Trinajstić information content (AvgIpc) is 3.36. The molecule has 8 heteroatoms. The first kappa shape index (κ1) is 18.1. The van der Waals surface area contributed by atoms with E-state index in [0.717, 1.165) is 11.1 Å². The quantitative estimate of drug-likeness (QED) is 0.660. The fraction of sp³-hybridized carbons (Fsp3) is 0.227. The van der Waals surface area contributed by atoms with E-state index in [1.807, 2.05) is 12.1 Å². The molecule has 1 atom stereocenters. The Bertz CT molecular complexity index is 1270. The standard InChI is InChI=1S/C22H16N4O4/c23-9-13-2-1-3-14-10-26(11-16(13)14)22(29)12-4-6-17-18(8-12)30-21(24-17)15-5-7-19(27)25-20(15)28/h1-4,6,8,15H,5,7,10-11H2,(H,25,27,28). The normalized spacial score (nSPS) is 18.2. The van der Waals surface area contributed by atoms with Gasteiger partial charge in [-0.2, -0.15) is 5.26 Å². The molecule has 3 heterocycles. The van der Waals surface area contributed by atoms with Crippen molar-refractivity contribution in [1.29, 1.82) is 5.26 Å². The minimum absolute atomic E-state index is 0.170. The first-order chi connectivity index (χ1) is 14.5. The van der Waals surface area contributed by atoms with Gasteiger partial charge < -0.3 is 9.32 Å². The van der Waals surface area contributed by atoms with Gasteiger partial charge in [0.1, 0.15) is 11.4 Å². The third-order valence-corrected chi connectivity index (χ3v) is 5.58. The molecule has 2 aromatic carbocycles. The molecule has 1 fully saturated rings. The number of nitrogens with one attached hydrogen (secondary N) is 1. The van der Waals surface area contributed by atoms with Crippen LogP contribution in [-0.2, 0) is 22.7 Å². The molecule has 1 unspecified atom stereocenters. The highest BCUT2D eigenvalue weighted by Gasteiger charge is 2.32. The van der Waals surface area contributed by atoms with E-state index in [1.54, 1.807) is 29.2 Å². The Morgan fingerprint density at radius 2 is 2.10 bits per heavy atom. The fourth-order valence-electron chi connectivity index (χ4n) is 4.01. The molecule has 0 radical (unpaired) electrons. The highest BCUT2D eigenvalue weighted by atomic mass is 16.3. The maximum Gasteiger partial charge on any atom is 0.254 e. The van der Waals surface area contributed by atoms with Crippen molar-refractivity contribution in [2.75, 3.05) is 0 Å². The first-order valence-electron chi connectivity index (χ1n) is 9.58. The van der Waals surface area contributed by atoms with Crippen molar-refractivity contribution >= 4 is 28.8 Å². The van der Waals surface area contributed by atoms with Crippen LogP contribution in [-0.4, -0.2) is 27.6 Å². The van der Waals surface area contributed by atoms with Crippen molar-refractivity contribution in [2.24, 2.45) is 0 Å². The highest BCUT2D eigenvalue weighted by Crippen LogP contribution is 2.30. The van der Waals surface area contributed by atoms with Crippen molar-refractivity contribution in [2.45, 2.75) is 31.8 Å². The number of carbonyl (C=O) groups excluding carboxylic acids is 3. The lowest BCUT2D eigenvalue weighted by Crippen LogP contribution is -2.39. The van der Waals surface area contributed by atoms with Gasteiger partial charge in [-0.3, -0.25) is 19.7 Å². The molecule has 0 spiro atoms. The Hall–Kier alpha value is -3.99. The minimum Gasteiger partial charge on any atom is -0.440 e. The summed E-state index contributed by atoms with van der Waals surface area (Å²) in [5, 5.41) is 11.6. The van der Waals surface area contributed by atoms with Crippen LogP contribution in [0.2, 0.25) is 0 Å². The van der Waals surface area contributed by atoms with Crippen molar-refractivity contribution in [3.8, 4) is 6.07 Å². The van der Waals surface area contributed by atoms with Crippen LogP contribution in [0.4, 0.5) is 0 Å². The molecule has 1 saturated heterocycles. The number of amides is 3. The van der Waals surface area contributed by atoms with Gasteiger partial charge in [-0.1, -0.05) is 12.1 Å². The number of nitrogens with zero attached hydrogens (tertiary/aromatic N) is 3. The van der Waals surface area contributed by atoms with Crippen LogP contribution in [0.3, 0.4) is 0 Å². The molecule has 0 bridgehead atoms. The van der Waals surface area contributed by atoms with Crippen molar-refractivity contribution in [3.63, 3.8) is 0 Å². The number of imide groups is 1. The minimum atomic E-state index is -0.619. The summed E-state index contributed by atoms with van der Waals surface area (Å²) in [6.45, 7) is 0.827. The SMILES string of the molecule is N#Cc1cccc2c1CN(C(=O)c1ccc3nc(C4CCC(=O)NC4=O)oc3c1)C2. The zero-order valence-electron chi connectivity index (χ0n) is 15.8. The van der Waals surface area contributed by atoms with Gasteiger partial charge in [0.25, 0.3) is 5.91 Å². The van der Waals surface area contributed by atoms with Gasteiger partial charge >= 0.3 is 0 Å². The molecule has 8 nitrogen and oxygen atoms in total. The molecule has 3 amide bonds. The van der Waals surface area contributed by atoms with Gasteiger partial charge in [0.05, 0.1) is 11.6 Å². The maximum atomic E-state index is 13.0. The third kappa shape index (κ3) is 2.92. The van der Waals surface area contributed by atoms with E-state index >= 15 is 0 Å². The smallest absolute Gasteiger partial charge is 0.254 e. The first-order valence-corrected chi connectivity index (χ1v) is 9.58. The van der Waals surface area contributed by atoms with E-state index in [9.17, 15) is 19.6 Å². The molecule has 0 aliphatic carbocycles. The van der Waals surface area contributed by atoms with E-state index < -0.39 is 11.8 Å². The zero-order valence-corrected chi connectivity index (χ0v) is 15.8. The lowest BCUT2D eigenvalue weighted by atomic mass is 9.98. The number of benzene rings is 2. The second-order valence-electron chi connectivity index (χ2n) is 7.45. The van der Waals surface area contributed by atoms with Crippen LogP contribution in [0.1, 0.15) is 51.7 Å². The van der Waals surface area contributed by atoms with Crippen LogP contribution in [0.5, 0.6) is 0 Å². The summed E-state index contributed by atoms with van der Waals surface area (Å²) in [5.41, 5.74) is 3.84. The summed E-state index contributed by atoms with van der Waals surface area (Å²) < 4.78 is 5.77. The fourth-order valence-corrected chi connectivity index (χ4v) is 4.01. The maximum absolute atomic E-state index is 13.0. The van der Waals surface area contributed by atoms with Gasteiger partial charge in [-0.05, 0) is 41.8 Å². The molecule has 5 rings (SSSR count). The molecule has 2 aliphatic rings. The van der Waals surface area contributed by atoms with Gasteiger partial charge in [0, 0.05) is 25.1 Å². The van der Waals surface area contributed by atoms with E-state index in [2.05, 4.69) is 16.4 Å². The lowest BCUT2D eigenvalue weighted by Gasteiger charge is -2.17. The van der Waals surface area contributed by atoms with E-state index in [4.69, 9.17) is 4.42 Å². The predicted molar refractivity (Wildman–Crippen MR) is 104 cm³/mol. The number of aromatic nitrogens is 1. The number of piperidine rings is 1. The Morgan fingerprint density at radius 1 is 1.23 bits per heavy atom. The van der Waals surface area contributed by atoms with E-state index in [-0.39, 0.29) is 24.1 Å². The largest absolute Gasteiger partial charge is 0.440 e. The Kier molecular flexibility index (Phi) is 4.10. The molecular weight excluding hydrogens is 384 g/mol. The molecule has 30 heavy (non-hydrogen) atoms. The third-order valence-electron chi connectivity index (χ3n) is 5.58. The number of carbonyl (C=O) groups is 3. The number of nitriles is 1. The Balaban J connectivity index is 1.41. The highest BCUT2D eigenvalue weighted by molar-refractivity contribution is 6.01. The average molecular weight is 400 g/mol. The monoisotopic (exact) mass is 400 g/mol. The van der Waals surface area contributed by atoms with Crippen LogP contribution in [0.15, 0.2) is 40.8 Å². The number of hydrogen-bond acceptors (Lipinski definition) is 6. The molecule has 3 aromatic rings. The summed E-state index contributed by atoms with van der Waals surface area (Å²) >= 11 is 0. The van der Waals surface area contributed by atoms with Crippen LogP contribution >= 0.6 is 0 Å². The number of fused-ring (bicyclic) bond motifs is 2. The number of rotatable bonds is 2. The summed E-state index contributed by atoms with van der Waals surface area (Å²) in [5.74, 6) is -1.27. The van der Waals surface area contributed by atoms with Crippen LogP contribution in [0, 0.1) is 11.3 Å². The molecular formula is C22H16N4O4. The van der Waals surface area contributed by atoms with E-state index in [0.29, 0.717) is 41.7 Å². The second-order valence-corrected chi connectivity index (χ2v) is 7.45. The predicted octanol–water partition coefficient (Wildman–Crippen LogP) is 2.38. The summed E-state index contributed by atoms with van der Waals surface area (Å²) in [6, 6.07) is 12.7. The summed E-state index contributed by atoms with van der Waals surface area (Å²) in [6.07, 6.45) is 0.579. The number of oxazole rings is 1. The Morgan fingerprint density at radius 3 is 2.90 bits per heavy atom. The van der Waals surface area contributed by atoms with Crippen LogP contribution < -0.4 is 5.32 Å². The van der Waals surface area contributed by atoms with Gasteiger partial charge in [0.15, 0.2) is 5.58 Å². The lowest BCUT2D eigenvalue weighted by molar-refractivity contribution is -0.134. The number of hydrogen-bond donors (Lipinski definition) is 1. The van der Waals surface area contributed by atoms with Crippen LogP contribution in [0.25, 0.3) is 11.1 Å².